The Morgan fingerprint density at radius 3 is 2.75 bits per heavy atom. The van der Waals surface area contributed by atoms with Crippen molar-refractivity contribution in [3.8, 4) is 5.75 Å². The maximum Gasteiger partial charge on any atom is 0.295 e. The topological polar surface area (TPSA) is 126 Å². The molecule has 0 aliphatic carbocycles. The fourth-order valence-electron chi connectivity index (χ4n) is 4.51. The van der Waals surface area contributed by atoms with Gasteiger partial charge in [0, 0.05) is 46.2 Å². The number of carbonyl (C=O) groups excluding carboxylic acids is 2. The number of aliphatic hydroxyl groups is 1. The molecule has 2 aromatic carbocycles. The average Bonchev–Trinajstić information content (AvgIpc) is 3.61. The number of hydrogen-bond acceptors (Lipinski definition) is 7. The van der Waals surface area contributed by atoms with Crippen molar-refractivity contribution in [1.29, 1.82) is 0 Å². The summed E-state index contributed by atoms with van der Waals surface area (Å²) in [5.41, 5.74) is 1.68. The van der Waals surface area contributed by atoms with E-state index in [-0.39, 0.29) is 23.4 Å². The zero-order valence-electron chi connectivity index (χ0n) is 19.1. The third-order valence-electron chi connectivity index (χ3n) is 6.28. The zero-order chi connectivity index (χ0) is 25.4. The van der Waals surface area contributed by atoms with E-state index < -0.39 is 28.4 Å². The number of non-ortho nitro benzene ring substituents is 1. The lowest BCUT2D eigenvalue weighted by Crippen LogP contribution is -2.31. The highest BCUT2D eigenvalue weighted by Gasteiger charge is 2.46. The molecule has 2 N–H and O–H groups in total. The summed E-state index contributed by atoms with van der Waals surface area (Å²) >= 11 is 1.36. The number of thiophene rings is 1. The number of H-pyrrole nitrogens is 1. The van der Waals surface area contributed by atoms with Crippen LogP contribution in [0.5, 0.6) is 5.75 Å². The minimum absolute atomic E-state index is 0.0801. The first-order valence-electron chi connectivity index (χ1n) is 11.1. The molecule has 0 saturated carbocycles. The molecule has 1 aliphatic heterocycles. The minimum Gasteiger partial charge on any atom is -0.507 e. The summed E-state index contributed by atoms with van der Waals surface area (Å²) in [6.45, 7) is 0.225. The van der Waals surface area contributed by atoms with Gasteiger partial charge in [0.1, 0.15) is 11.5 Å². The number of likely N-dealkylation sites (tertiary alicyclic amines) is 1. The number of nitrogens with one attached hydrogen (secondary N) is 1. The number of fused-ring (bicyclic) bond motifs is 1. The summed E-state index contributed by atoms with van der Waals surface area (Å²) in [7, 11) is 1.59. The van der Waals surface area contributed by atoms with Crippen LogP contribution in [0.3, 0.4) is 0 Å². The van der Waals surface area contributed by atoms with E-state index in [0.717, 1.165) is 16.5 Å². The lowest BCUT2D eigenvalue weighted by Gasteiger charge is -2.24. The minimum atomic E-state index is -0.821. The summed E-state index contributed by atoms with van der Waals surface area (Å²) < 4.78 is 5.33. The van der Waals surface area contributed by atoms with E-state index in [4.69, 9.17) is 4.74 Å². The highest BCUT2D eigenvalue weighted by Crippen LogP contribution is 2.41. The second-order valence-corrected chi connectivity index (χ2v) is 9.27. The quantitative estimate of drug-likeness (QED) is 0.123. The van der Waals surface area contributed by atoms with Crippen LogP contribution >= 0.6 is 11.3 Å². The first-order chi connectivity index (χ1) is 17.4. The van der Waals surface area contributed by atoms with Crippen LogP contribution in [0.2, 0.25) is 0 Å². The summed E-state index contributed by atoms with van der Waals surface area (Å²) in [5, 5.41) is 25.1. The second-order valence-electron chi connectivity index (χ2n) is 8.29. The molecule has 0 unspecified atom stereocenters. The van der Waals surface area contributed by atoms with Crippen LogP contribution in [0.4, 0.5) is 5.69 Å². The van der Waals surface area contributed by atoms with Crippen LogP contribution in [-0.2, 0) is 16.0 Å². The Labute approximate surface area is 209 Å². The van der Waals surface area contributed by atoms with Crippen molar-refractivity contribution in [2.24, 2.45) is 0 Å². The van der Waals surface area contributed by atoms with Gasteiger partial charge in [0.2, 0.25) is 0 Å². The third-order valence-corrected chi connectivity index (χ3v) is 7.20. The first kappa shape index (κ1) is 23.3. The van der Waals surface area contributed by atoms with Crippen LogP contribution in [0.25, 0.3) is 16.7 Å². The van der Waals surface area contributed by atoms with E-state index in [0.29, 0.717) is 17.0 Å². The van der Waals surface area contributed by atoms with E-state index in [1.807, 2.05) is 29.8 Å². The van der Waals surface area contributed by atoms with Crippen molar-refractivity contribution in [2.75, 3.05) is 13.7 Å². The third kappa shape index (κ3) is 4.01. The number of carbonyl (C=O) groups is 2. The Kier molecular flexibility index (Phi) is 6.03. The van der Waals surface area contributed by atoms with Gasteiger partial charge >= 0.3 is 0 Å². The van der Waals surface area contributed by atoms with Crippen molar-refractivity contribution in [1.82, 2.24) is 9.88 Å². The zero-order valence-corrected chi connectivity index (χ0v) is 20.0. The largest absolute Gasteiger partial charge is 0.507 e. The van der Waals surface area contributed by atoms with E-state index in [1.54, 1.807) is 19.2 Å². The Morgan fingerprint density at radius 2 is 2.03 bits per heavy atom. The lowest BCUT2D eigenvalue weighted by atomic mass is 9.99. The van der Waals surface area contributed by atoms with Crippen molar-refractivity contribution >= 4 is 45.4 Å². The van der Waals surface area contributed by atoms with Crippen molar-refractivity contribution in [2.45, 2.75) is 12.5 Å². The van der Waals surface area contributed by atoms with E-state index >= 15 is 0 Å². The fourth-order valence-corrected chi connectivity index (χ4v) is 5.35. The van der Waals surface area contributed by atoms with Crippen molar-refractivity contribution in [3.05, 3.63) is 97.9 Å². The average molecular weight is 504 g/mol. The van der Waals surface area contributed by atoms with Gasteiger partial charge in [-0.3, -0.25) is 19.7 Å². The molecule has 2 aromatic heterocycles. The predicted molar refractivity (Wildman–Crippen MR) is 135 cm³/mol. The molecule has 0 spiro atoms. The maximum atomic E-state index is 13.2. The summed E-state index contributed by atoms with van der Waals surface area (Å²) in [4.78, 5) is 42.3. The van der Waals surface area contributed by atoms with Crippen molar-refractivity contribution in [3.63, 3.8) is 0 Å². The van der Waals surface area contributed by atoms with Crippen LogP contribution in [-0.4, -0.2) is 45.3 Å². The number of nitrogens with zero attached hydrogens (tertiary/aromatic N) is 2. The number of nitro benzene ring substituents is 1. The monoisotopic (exact) mass is 503 g/mol. The Bertz CT molecular complexity index is 1520. The molecule has 36 heavy (non-hydrogen) atoms. The molecular formula is C26H21N3O6S. The Morgan fingerprint density at radius 1 is 1.19 bits per heavy atom. The fraction of sp³-hybridized carbons (Fsp3) is 0.154. The molecule has 1 aliphatic rings. The SMILES string of the molecule is COc1ccc2[nH]cc(CCN3C(=O)C(=O)C(=C(O)c4cccc([N+](=O)[O-])c4)[C@H]3c3cccs3)c2c1. The van der Waals surface area contributed by atoms with Gasteiger partial charge in [-0.25, -0.2) is 0 Å². The van der Waals surface area contributed by atoms with Gasteiger partial charge < -0.3 is 19.7 Å². The number of ether oxygens (including phenoxy) is 1. The summed E-state index contributed by atoms with van der Waals surface area (Å²) in [6, 6.07) is 13.9. The van der Waals surface area contributed by atoms with E-state index in [9.17, 15) is 24.8 Å². The lowest BCUT2D eigenvalue weighted by molar-refractivity contribution is -0.384. The van der Waals surface area contributed by atoms with Crippen LogP contribution in [0, 0.1) is 10.1 Å². The van der Waals surface area contributed by atoms with E-state index in [2.05, 4.69) is 4.98 Å². The van der Waals surface area contributed by atoms with Crippen LogP contribution in [0.15, 0.2) is 71.7 Å². The number of methoxy groups -OCH3 is 1. The van der Waals surface area contributed by atoms with Crippen molar-refractivity contribution < 1.29 is 24.4 Å². The molecule has 3 heterocycles. The van der Waals surface area contributed by atoms with Gasteiger partial charge in [0.05, 0.1) is 23.6 Å². The Hall–Kier alpha value is -4.44. The number of aromatic amines is 1. The molecule has 0 radical (unpaired) electrons. The summed E-state index contributed by atoms with van der Waals surface area (Å²) in [5.74, 6) is -1.27. The molecule has 9 nitrogen and oxygen atoms in total. The van der Waals surface area contributed by atoms with Crippen LogP contribution < -0.4 is 4.74 Å². The van der Waals surface area contributed by atoms with Gasteiger partial charge in [0.25, 0.3) is 17.4 Å². The number of nitro groups is 1. The standard InChI is InChI=1S/C26H21N3O6S/c1-35-18-7-8-20-19(13-18)16(14-27-20)9-10-28-23(21-6-3-11-36-21)22(25(31)26(28)32)24(30)15-4-2-5-17(12-15)29(33)34/h2-8,11-14,23,27,30H,9-10H2,1H3/t23-/m1/s1. The van der Waals surface area contributed by atoms with Crippen LogP contribution in [0.1, 0.15) is 22.0 Å². The molecule has 0 bridgehead atoms. The van der Waals surface area contributed by atoms with Gasteiger partial charge in [-0.05, 0) is 41.6 Å². The van der Waals surface area contributed by atoms with Gasteiger partial charge in [0.15, 0.2) is 0 Å². The molecule has 182 valence electrons. The van der Waals surface area contributed by atoms with Gasteiger partial charge in [-0.15, -0.1) is 11.3 Å². The molecule has 1 atom stereocenters. The number of rotatable bonds is 7. The second kappa shape index (κ2) is 9.31. The van der Waals surface area contributed by atoms with Gasteiger partial charge in [-0.2, -0.15) is 0 Å². The maximum absolute atomic E-state index is 13.2. The molecule has 1 amide bonds. The first-order valence-corrected chi connectivity index (χ1v) is 12.0. The number of ketones is 1. The number of amides is 1. The number of aromatic nitrogens is 1. The van der Waals surface area contributed by atoms with E-state index in [1.165, 1.54) is 40.5 Å². The molecule has 10 heteroatoms. The molecule has 1 fully saturated rings. The summed E-state index contributed by atoms with van der Waals surface area (Å²) in [6.07, 6.45) is 2.32. The number of Topliss-reactive ketones (excluding diaryl/α,β-unsaturated/α-hetero) is 1. The number of hydrogen-bond donors (Lipinski definition) is 2. The Balaban J connectivity index is 1.53. The molecule has 4 aromatic rings. The number of benzene rings is 2. The highest BCUT2D eigenvalue weighted by molar-refractivity contribution is 7.10. The van der Waals surface area contributed by atoms with Gasteiger partial charge in [-0.1, -0.05) is 18.2 Å². The number of aliphatic hydroxyl groups excluding tert-OH is 1. The molecule has 1 saturated heterocycles. The predicted octanol–water partition coefficient (Wildman–Crippen LogP) is 4.81. The molecule has 5 rings (SSSR count). The smallest absolute Gasteiger partial charge is 0.295 e. The highest BCUT2D eigenvalue weighted by atomic mass is 32.1. The normalized spacial score (nSPS) is 17.1. The molecular weight excluding hydrogens is 482 g/mol.